The van der Waals surface area contributed by atoms with E-state index < -0.39 is 5.82 Å². The molecule has 2 atom stereocenters. The summed E-state index contributed by atoms with van der Waals surface area (Å²) in [5, 5.41) is 2.79. The number of benzene rings is 4. The number of nitrogens with one attached hydrogen (secondary N) is 1. The van der Waals surface area contributed by atoms with Crippen LogP contribution in [0.5, 0.6) is 0 Å². The van der Waals surface area contributed by atoms with Crippen molar-refractivity contribution >= 4 is 11.6 Å². The first-order valence-electron chi connectivity index (χ1n) is 11.6. The zero-order valence-electron chi connectivity index (χ0n) is 19.2. The van der Waals surface area contributed by atoms with Crippen LogP contribution in [-0.4, -0.2) is 5.91 Å². The number of ether oxygens (including phenoxy) is 1. The van der Waals surface area contributed by atoms with E-state index in [1.54, 1.807) is 30.3 Å². The van der Waals surface area contributed by atoms with Gasteiger partial charge in [0.25, 0.3) is 5.91 Å². The lowest BCUT2D eigenvalue weighted by atomic mass is 9.84. The van der Waals surface area contributed by atoms with Gasteiger partial charge in [-0.1, -0.05) is 49.0 Å². The molecular weight excluding hydrogens is 458 g/mol. The van der Waals surface area contributed by atoms with Gasteiger partial charge in [0.05, 0.1) is 0 Å². The molecule has 4 aromatic rings. The number of fused-ring (bicyclic) bond motifs is 8. The Hall–Kier alpha value is -4.29. The lowest BCUT2D eigenvalue weighted by molar-refractivity contribution is 0.0857. The van der Waals surface area contributed by atoms with Crippen LogP contribution in [-0.2, 0) is 11.3 Å². The number of nitrogens with two attached hydrogens (primary N) is 1. The van der Waals surface area contributed by atoms with Gasteiger partial charge in [0.1, 0.15) is 23.8 Å². The van der Waals surface area contributed by atoms with E-state index in [0.717, 1.165) is 33.4 Å². The molecule has 3 N–H and O–H groups in total. The van der Waals surface area contributed by atoms with Crippen molar-refractivity contribution in [3.8, 4) is 11.1 Å². The molecule has 0 saturated carbocycles. The summed E-state index contributed by atoms with van der Waals surface area (Å²) in [4.78, 5) is 12.9. The van der Waals surface area contributed by atoms with Gasteiger partial charge in [-0.15, -0.1) is 0 Å². The summed E-state index contributed by atoms with van der Waals surface area (Å²) in [6.45, 7) is 3.66. The molecule has 178 valence electrons. The molecule has 1 amide bonds. The van der Waals surface area contributed by atoms with Crippen molar-refractivity contribution in [1.29, 1.82) is 0 Å². The number of hydrogen-bond donors (Lipinski definition) is 2. The van der Waals surface area contributed by atoms with E-state index in [1.165, 1.54) is 18.2 Å². The molecule has 6 rings (SSSR count). The maximum atomic E-state index is 14.4. The molecule has 0 spiro atoms. The van der Waals surface area contributed by atoms with Crippen LogP contribution in [0.15, 0.2) is 85.4 Å². The molecule has 4 aromatic carbocycles. The van der Waals surface area contributed by atoms with E-state index in [4.69, 9.17) is 10.5 Å². The van der Waals surface area contributed by atoms with Gasteiger partial charge in [0.2, 0.25) is 0 Å². The van der Waals surface area contributed by atoms with Crippen LogP contribution in [0.4, 0.5) is 8.78 Å². The van der Waals surface area contributed by atoms with Crippen molar-refractivity contribution in [3.63, 3.8) is 0 Å². The van der Waals surface area contributed by atoms with Crippen molar-refractivity contribution in [1.82, 2.24) is 5.32 Å². The van der Waals surface area contributed by atoms with E-state index in [1.807, 2.05) is 18.2 Å². The van der Waals surface area contributed by atoms with Crippen LogP contribution in [0.2, 0.25) is 0 Å². The molecule has 2 heterocycles. The summed E-state index contributed by atoms with van der Waals surface area (Å²) in [5.41, 5.74) is 13.3. The summed E-state index contributed by atoms with van der Waals surface area (Å²) < 4.78 is 34.0. The SMILES string of the molecule is C=C(N)c1ccc(CNC(=O)c2ccc3c(c2)[C@@H]2O[C@H]3c3ccc(-c4ccc(F)cc4)cc32)c(F)c1. The van der Waals surface area contributed by atoms with E-state index >= 15 is 0 Å². The number of carbonyl (C=O) groups is 1. The smallest absolute Gasteiger partial charge is 0.251 e. The van der Waals surface area contributed by atoms with Gasteiger partial charge in [0.15, 0.2) is 0 Å². The van der Waals surface area contributed by atoms with Crippen molar-refractivity contribution in [3.05, 3.63) is 136 Å². The topological polar surface area (TPSA) is 64.3 Å². The molecule has 36 heavy (non-hydrogen) atoms. The Labute approximate surface area is 207 Å². The summed E-state index contributed by atoms with van der Waals surface area (Å²) >= 11 is 0. The molecule has 0 aromatic heterocycles. The van der Waals surface area contributed by atoms with Gasteiger partial charge in [-0.2, -0.15) is 0 Å². The molecule has 2 bridgehead atoms. The highest BCUT2D eigenvalue weighted by molar-refractivity contribution is 5.94. The number of amides is 1. The average Bonchev–Trinajstić information content (AvgIpc) is 3.45. The van der Waals surface area contributed by atoms with Crippen LogP contribution in [0, 0.1) is 11.6 Å². The van der Waals surface area contributed by atoms with Crippen LogP contribution < -0.4 is 11.1 Å². The minimum Gasteiger partial charge on any atom is -0.399 e. The van der Waals surface area contributed by atoms with Gasteiger partial charge in [0, 0.05) is 23.4 Å². The van der Waals surface area contributed by atoms with Crippen LogP contribution in [0.3, 0.4) is 0 Å². The lowest BCUT2D eigenvalue weighted by Gasteiger charge is -2.18. The molecule has 0 aliphatic carbocycles. The third-order valence-electron chi connectivity index (χ3n) is 6.88. The Bertz CT molecular complexity index is 1550. The molecule has 2 aliphatic heterocycles. The first-order chi connectivity index (χ1) is 17.4. The zero-order valence-corrected chi connectivity index (χ0v) is 19.2. The Balaban J connectivity index is 1.23. The van der Waals surface area contributed by atoms with Crippen LogP contribution in [0.25, 0.3) is 16.8 Å². The second-order valence-electron chi connectivity index (χ2n) is 9.10. The summed E-state index contributed by atoms with van der Waals surface area (Å²) in [6.07, 6.45) is -0.452. The second kappa shape index (κ2) is 8.43. The predicted molar refractivity (Wildman–Crippen MR) is 134 cm³/mol. The second-order valence-corrected chi connectivity index (χ2v) is 9.10. The van der Waals surface area contributed by atoms with Gasteiger partial charge >= 0.3 is 0 Å². The van der Waals surface area contributed by atoms with E-state index in [9.17, 15) is 13.6 Å². The Morgan fingerprint density at radius 1 is 0.806 bits per heavy atom. The fraction of sp³-hybridized carbons (Fsp3) is 0.100. The quantitative estimate of drug-likeness (QED) is 0.368. The first-order valence-corrected chi connectivity index (χ1v) is 11.6. The van der Waals surface area contributed by atoms with Crippen molar-refractivity contribution in [2.24, 2.45) is 5.73 Å². The summed E-state index contributed by atoms with van der Waals surface area (Å²) in [5.74, 6) is -1.02. The number of hydrogen-bond acceptors (Lipinski definition) is 3. The van der Waals surface area contributed by atoms with E-state index in [0.29, 0.717) is 16.7 Å². The lowest BCUT2D eigenvalue weighted by Crippen LogP contribution is -2.23. The van der Waals surface area contributed by atoms with Crippen LogP contribution >= 0.6 is 0 Å². The fourth-order valence-corrected chi connectivity index (χ4v) is 4.98. The number of carbonyl (C=O) groups excluding carboxylic acids is 1. The minimum absolute atomic E-state index is 0.0471. The Kier molecular flexibility index (Phi) is 5.20. The van der Waals surface area contributed by atoms with Gasteiger partial charge in [-0.25, -0.2) is 8.78 Å². The average molecular weight is 481 g/mol. The third-order valence-corrected chi connectivity index (χ3v) is 6.88. The maximum Gasteiger partial charge on any atom is 0.251 e. The highest BCUT2D eigenvalue weighted by atomic mass is 19.1. The minimum atomic E-state index is -0.451. The van der Waals surface area contributed by atoms with E-state index in [2.05, 4.69) is 24.0 Å². The highest BCUT2D eigenvalue weighted by Crippen LogP contribution is 2.54. The highest BCUT2D eigenvalue weighted by Gasteiger charge is 2.43. The summed E-state index contributed by atoms with van der Waals surface area (Å²) in [7, 11) is 0. The third kappa shape index (κ3) is 3.67. The predicted octanol–water partition coefficient (Wildman–Crippen LogP) is 6.01. The van der Waals surface area contributed by atoms with Gasteiger partial charge < -0.3 is 15.8 Å². The Morgan fingerprint density at radius 2 is 1.44 bits per heavy atom. The van der Waals surface area contributed by atoms with Gasteiger partial charge in [-0.3, -0.25) is 4.79 Å². The normalized spacial score (nSPS) is 16.9. The zero-order chi connectivity index (χ0) is 25.0. The Morgan fingerprint density at radius 3 is 2.17 bits per heavy atom. The molecular formula is C30H22F2N2O2. The molecule has 4 nitrogen and oxygen atoms in total. The van der Waals surface area contributed by atoms with Crippen molar-refractivity contribution < 1.29 is 18.3 Å². The monoisotopic (exact) mass is 480 g/mol. The van der Waals surface area contributed by atoms with Crippen LogP contribution in [0.1, 0.15) is 55.9 Å². The largest absolute Gasteiger partial charge is 0.399 e. The summed E-state index contributed by atoms with van der Waals surface area (Å²) in [6, 6.07) is 22.7. The molecule has 2 aliphatic rings. The van der Waals surface area contributed by atoms with Gasteiger partial charge in [-0.05, 0) is 75.3 Å². The first kappa shape index (κ1) is 22.2. The number of halogens is 2. The molecule has 0 radical (unpaired) electrons. The number of rotatable bonds is 5. The van der Waals surface area contributed by atoms with Crippen molar-refractivity contribution in [2.45, 2.75) is 18.8 Å². The van der Waals surface area contributed by atoms with Crippen molar-refractivity contribution in [2.75, 3.05) is 0 Å². The molecule has 0 fully saturated rings. The maximum absolute atomic E-state index is 14.4. The fourth-order valence-electron chi connectivity index (χ4n) is 4.98. The molecule has 0 unspecified atom stereocenters. The molecule has 6 heteroatoms. The van der Waals surface area contributed by atoms with E-state index in [-0.39, 0.29) is 36.2 Å². The standard InChI is InChI=1S/C30H22F2N2O2/c1-16(33)18-2-3-21(27(32)14-18)15-34-30(35)20-7-11-24-26(13-20)29-25-12-19(6-10-23(25)28(24)36-29)17-4-8-22(31)9-5-17/h2-14,28-29H,1,15,33H2,(H,34,35)/t28-,29+/m0/s1. The molecule has 0 saturated heterocycles.